The van der Waals surface area contributed by atoms with Gasteiger partial charge in [-0.1, -0.05) is 51.1 Å². The Morgan fingerprint density at radius 1 is 0.964 bits per heavy atom. The van der Waals surface area contributed by atoms with Crippen LogP contribution in [0.2, 0.25) is 0 Å². The van der Waals surface area contributed by atoms with Crippen molar-refractivity contribution < 1.29 is 13.2 Å². The van der Waals surface area contributed by atoms with Gasteiger partial charge in [0.2, 0.25) is 0 Å². The van der Waals surface area contributed by atoms with E-state index in [-0.39, 0.29) is 21.9 Å². The second-order valence-electron chi connectivity index (χ2n) is 7.55. The Bertz CT molecular complexity index is 1080. The molecule has 3 aromatic rings. The van der Waals surface area contributed by atoms with E-state index in [4.69, 9.17) is 0 Å². The van der Waals surface area contributed by atoms with Crippen molar-refractivity contribution in [2.75, 3.05) is 11.9 Å². The lowest BCUT2D eigenvalue weighted by molar-refractivity contribution is 0.0988. The number of benzene rings is 2. The van der Waals surface area contributed by atoms with Crippen molar-refractivity contribution in [2.24, 2.45) is 0 Å². The fourth-order valence-electron chi connectivity index (χ4n) is 2.73. The minimum Gasteiger partial charge on any atom is -0.310 e. The van der Waals surface area contributed by atoms with Crippen molar-refractivity contribution in [1.29, 1.82) is 0 Å². The zero-order valence-electron chi connectivity index (χ0n) is 16.3. The van der Waals surface area contributed by atoms with Gasteiger partial charge in [0, 0.05) is 18.9 Å². The Hall–Kier alpha value is -2.93. The Morgan fingerprint density at radius 3 is 2.14 bits per heavy atom. The van der Waals surface area contributed by atoms with Gasteiger partial charge in [0.25, 0.3) is 15.9 Å². The molecule has 2 aromatic carbocycles. The molecular weight excluding hydrogens is 374 g/mol. The maximum atomic E-state index is 12.8. The topological polar surface area (TPSA) is 72.3 Å². The molecule has 0 aliphatic heterocycles. The zero-order valence-corrected chi connectivity index (χ0v) is 17.1. The molecule has 0 atom stereocenters. The van der Waals surface area contributed by atoms with Gasteiger partial charge < -0.3 is 4.90 Å². The van der Waals surface area contributed by atoms with Gasteiger partial charge in [0.05, 0.1) is 4.90 Å². The van der Waals surface area contributed by atoms with Crippen molar-refractivity contribution >= 4 is 21.6 Å². The number of hydrogen-bond donors (Lipinski definition) is 0. The number of carbonyl (C=O) groups excluding carboxylic acids is 1. The van der Waals surface area contributed by atoms with E-state index in [2.05, 4.69) is 25.9 Å². The van der Waals surface area contributed by atoms with Crippen LogP contribution in [0.25, 0.3) is 0 Å². The molecule has 0 radical (unpaired) electrons. The number of hydrogen-bond acceptors (Lipinski definition) is 4. The molecule has 0 fully saturated rings. The SMILES string of the molecule is CN(C(=O)c1ccn(S(=O)(=O)c2ccc(C(C)(C)C)cc2)n1)c1ccccc1. The summed E-state index contributed by atoms with van der Waals surface area (Å²) in [6.07, 6.45) is 1.29. The summed E-state index contributed by atoms with van der Waals surface area (Å²) in [6.45, 7) is 6.18. The predicted molar refractivity (Wildman–Crippen MR) is 109 cm³/mol. The molecule has 28 heavy (non-hydrogen) atoms. The highest BCUT2D eigenvalue weighted by molar-refractivity contribution is 7.89. The first kappa shape index (κ1) is 19.8. The number of anilines is 1. The minimum atomic E-state index is -3.87. The van der Waals surface area contributed by atoms with Crippen molar-refractivity contribution in [1.82, 2.24) is 9.19 Å². The molecule has 1 heterocycles. The average molecular weight is 398 g/mol. The Balaban J connectivity index is 1.87. The molecule has 146 valence electrons. The minimum absolute atomic E-state index is 0.0567. The summed E-state index contributed by atoms with van der Waals surface area (Å²) >= 11 is 0. The molecule has 3 rings (SSSR count). The van der Waals surface area contributed by atoms with Gasteiger partial charge in [-0.25, -0.2) is 0 Å². The number of amides is 1. The molecule has 0 spiro atoms. The van der Waals surface area contributed by atoms with Crippen LogP contribution in [0.15, 0.2) is 71.8 Å². The maximum absolute atomic E-state index is 12.8. The first-order chi connectivity index (χ1) is 13.1. The van der Waals surface area contributed by atoms with E-state index in [9.17, 15) is 13.2 Å². The van der Waals surface area contributed by atoms with Gasteiger partial charge in [-0.15, -0.1) is 0 Å². The molecule has 7 heteroatoms. The quantitative estimate of drug-likeness (QED) is 0.673. The average Bonchev–Trinajstić information content (AvgIpc) is 3.18. The maximum Gasteiger partial charge on any atom is 0.282 e. The van der Waals surface area contributed by atoms with Crippen molar-refractivity contribution in [3.8, 4) is 0 Å². The van der Waals surface area contributed by atoms with Gasteiger partial charge in [-0.3, -0.25) is 4.79 Å². The van der Waals surface area contributed by atoms with Gasteiger partial charge in [-0.05, 0) is 41.3 Å². The summed E-state index contributed by atoms with van der Waals surface area (Å²) in [7, 11) is -2.25. The molecule has 0 aliphatic carbocycles. The number of aromatic nitrogens is 2. The predicted octanol–water partition coefficient (Wildman–Crippen LogP) is 3.69. The van der Waals surface area contributed by atoms with Crippen LogP contribution in [-0.4, -0.2) is 30.6 Å². The van der Waals surface area contributed by atoms with E-state index in [1.165, 1.54) is 17.2 Å². The number of carbonyl (C=O) groups is 1. The first-order valence-electron chi connectivity index (χ1n) is 8.85. The van der Waals surface area contributed by atoms with E-state index in [1.807, 2.05) is 18.2 Å². The van der Waals surface area contributed by atoms with E-state index in [0.29, 0.717) is 5.69 Å². The van der Waals surface area contributed by atoms with Crippen LogP contribution in [0, 0.1) is 0 Å². The number of para-hydroxylation sites is 1. The van der Waals surface area contributed by atoms with Crippen molar-refractivity contribution in [2.45, 2.75) is 31.1 Å². The van der Waals surface area contributed by atoms with Crippen LogP contribution in [0.4, 0.5) is 5.69 Å². The summed E-state index contributed by atoms with van der Waals surface area (Å²) in [4.78, 5) is 14.2. The summed E-state index contributed by atoms with van der Waals surface area (Å²) in [5, 5.41) is 4.01. The van der Waals surface area contributed by atoms with Crippen LogP contribution >= 0.6 is 0 Å². The normalized spacial score (nSPS) is 12.0. The lowest BCUT2D eigenvalue weighted by Crippen LogP contribution is -2.27. The van der Waals surface area contributed by atoms with Crippen LogP contribution in [-0.2, 0) is 15.4 Å². The standard InChI is InChI=1S/C21H23N3O3S/c1-21(2,3)16-10-12-18(13-11-16)28(26,27)24-15-14-19(22-24)20(25)23(4)17-8-6-5-7-9-17/h5-15H,1-4H3. The third kappa shape index (κ3) is 3.84. The van der Waals surface area contributed by atoms with Gasteiger partial charge in [0.15, 0.2) is 5.69 Å². The van der Waals surface area contributed by atoms with Gasteiger partial charge in [0.1, 0.15) is 0 Å². The van der Waals surface area contributed by atoms with Crippen LogP contribution in [0.5, 0.6) is 0 Å². The molecule has 0 saturated carbocycles. The molecule has 0 bridgehead atoms. The molecule has 6 nitrogen and oxygen atoms in total. The lowest BCUT2D eigenvalue weighted by atomic mass is 9.87. The van der Waals surface area contributed by atoms with Crippen LogP contribution < -0.4 is 4.90 Å². The van der Waals surface area contributed by atoms with Gasteiger partial charge >= 0.3 is 0 Å². The lowest BCUT2D eigenvalue weighted by Gasteiger charge is -2.19. The van der Waals surface area contributed by atoms with Crippen molar-refractivity contribution in [3.63, 3.8) is 0 Å². The largest absolute Gasteiger partial charge is 0.310 e. The van der Waals surface area contributed by atoms with E-state index < -0.39 is 10.0 Å². The summed E-state index contributed by atoms with van der Waals surface area (Å²) in [5.41, 5.74) is 1.71. The molecule has 0 unspecified atom stereocenters. The van der Waals surface area contributed by atoms with Crippen LogP contribution in [0.3, 0.4) is 0 Å². The fraction of sp³-hybridized carbons (Fsp3) is 0.238. The molecular formula is C21H23N3O3S. The van der Waals surface area contributed by atoms with E-state index >= 15 is 0 Å². The van der Waals surface area contributed by atoms with Crippen LogP contribution in [0.1, 0.15) is 36.8 Å². The third-order valence-electron chi connectivity index (χ3n) is 4.50. The van der Waals surface area contributed by atoms with E-state index in [1.54, 1.807) is 43.4 Å². The molecule has 0 N–H and O–H groups in total. The Kier molecular flexibility index (Phi) is 5.12. The third-order valence-corrected chi connectivity index (χ3v) is 6.06. The number of rotatable bonds is 4. The molecule has 1 aromatic heterocycles. The highest BCUT2D eigenvalue weighted by Gasteiger charge is 2.23. The summed E-state index contributed by atoms with van der Waals surface area (Å²) < 4.78 is 26.5. The zero-order chi connectivity index (χ0) is 20.5. The highest BCUT2D eigenvalue weighted by atomic mass is 32.2. The van der Waals surface area contributed by atoms with Gasteiger partial charge in [-0.2, -0.15) is 17.6 Å². The summed E-state index contributed by atoms with van der Waals surface area (Å²) in [6, 6.07) is 17.2. The summed E-state index contributed by atoms with van der Waals surface area (Å²) in [5.74, 6) is -0.386. The Labute approximate surface area is 165 Å². The van der Waals surface area contributed by atoms with Crippen molar-refractivity contribution in [3.05, 3.63) is 78.1 Å². The second kappa shape index (κ2) is 7.24. The first-order valence-corrected chi connectivity index (χ1v) is 10.3. The monoisotopic (exact) mass is 397 g/mol. The highest BCUT2D eigenvalue weighted by Crippen LogP contribution is 2.24. The van der Waals surface area contributed by atoms with E-state index in [0.717, 1.165) is 9.65 Å². The smallest absolute Gasteiger partial charge is 0.282 e. The molecule has 1 amide bonds. The number of nitrogens with zero attached hydrogens (tertiary/aromatic N) is 3. The molecule has 0 saturated heterocycles. The molecule has 0 aliphatic rings. The Morgan fingerprint density at radius 2 is 1.57 bits per heavy atom. The second-order valence-corrected chi connectivity index (χ2v) is 9.35. The fourth-order valence-corrected chi connectivity index (χ4v) is 3.84.